The minimum absolute atomic E-state index is 0.167. The molecular weight excluding hydrogens is 216 g/mol. The summed E-state index contributed by atoms with van der Waals surface area (Å²) in [6, 6.07) is 5.93. The van der Waals surface area contributed by atoms with Crippen LogP contribution in [-0.4, -0.2) is 44.4 Å². The first-order valence-electron chi connectivity index (χ1n) is 5.71. The Balaban J connectivity index is 2.14. The van der Waals surface area contributed by atoms with Gasteiger partial charge in [0.25, 0.3) is 0 Å². The van der Waals surface area contributed by atoms with Gasteiger partial charge in [0.1, 0.15) is 6.07 Å². The molecule has 1 saturated heterocycles. The zero-order valence-corrected chi connectivity index (χ0v) is 9.89. The zero-order valence-electron chi connectivity index (χ0n) is 9.89. The number of nitriles is 1. The predicted molar refractivity (Wildman–Crippen MR) is 64.8 cm³/mol. The van der Waals surface area contributed by atoms with Gasteiger partial charge in [-0.1, -0.05) is 0 Å². The number of aromatic nitrogens is 1. The van der Waals surface area contributed by atoms with Crippen LogP contribution in [0, 0.1) is 11.3 Å². The van der Waals surface area contributed by atoms with Gasteiger partial charge in [0.05, 0.1) is 18.4 Å². The summed E-state index contributed by atoms with van der Waals surface area (Å²) in [5.41, 5.74) is 1.39. The molecule has 0 aromatic carbocycles. The fourth-order valence-corrected chi connectivity index (χ4v) is 2.03. The van der Waals surface area contributed by atoms with Crippen molar-refractivity contribution in [2.75, 3.05) is 38.2 Å². The standard InChI is InChI=1S/C12H16N4O/c1-14-8-10-9-16(5-6-17-10)12-3-2-4-15-11(12)7-13/h2-4,10,14H,5-6,8-9H2,1H3. The summed E-state index contributed by atoms with van der Waals surface area (Å²) >= 11 is 0. The van der Waals surface area contributed by atoms with Crippen molar-refractivity contribution in [1.82, 2.24) is 10.3 Å². The van der Waals surface area contributed by atoms with Crippen LogP contribution in [-0.2, 0) is 4.74 Å². The van der Waals surface area contributed by atoms with Crippen molar-refractivity contribution in [3.05, 3.63) is 24.0 Å². The summed E-state index contributed by atoms with van der Waals surface area (Å²) in [5.74, 6) is 0. The molecule has 5 heteroatoms. The molecule has 1 aromatic heterocycles. The van der Waals surface area contributed by atoms with E-state index in [9.17, 15) is 0 Å². The number of hydrogen-bond acceptors (Lipinski definition) is 5. The van der Waals surface area contributed by atoms with Gasteiger partial charge in [-0.2, -0.15) is 5.26 Å². The van der Waals surface area contributed by atoms with E-state index in [4.69, 9.17) is 10.00 Å². The van der Waals surface area contributed by atoms with Crippen molar-refractivity contribution in [1.29, 1.82) is 5.26 Å². The number of morpholine rings is 1. The van der Waals surface area contributed by atoms with Crippen molar-refractivity contribution in [3.63, 3.8) is 0 Å². The lowest BCUT2D eigenvalue weighted by molar-refractivity contribution is 0.0421. The molecule has 1 atom stereocenters. The van der Waals surface area contributed by atoms with Crippen molar-refractivity contribution in [2.24, 2.45) is 0 Å². The van der Waals surface area contributed by atoms with Gasteiger partial charge in [0, 0.05) is 25.8 Å². The number of likely N-dealkylation sites (N-methyl/N-ethyl adjacent to an activating group) is 1. The second kappa shape index (κ2) is 5.62. The third kappa shape index (κ3) is 2.73. The monoisotopic (exact) mass is 232 g/mol. The highest BCUT2D eigenvalue weighted by atomic mass is 16.5. The molecule has 17 heavy (non-hydrogen) atoms. The summed E-state index contributed by atoms with van der Waals surface area (Å²) in [7, 11) is 1.91. The van der Waals surface area contributed by atoms with Gasteiger partial charge < -0.3 is 15.0 Å². The Bertz CT molecular complexity index is 413. The normalized spacial score (nSPS) is 20.0. The first-order chi connectivity index (χ1) is 8.35. The van der Waals surface area contributed by atoms with E-state index >= 15 is 0 Å². The van der Waals surface area contributed by atoms with Gasteiger partial charge in [-0.3, -0.25) is 0 Å². The van der Waals surface area contributed by atoms with Crippen LogP contribution in [0.4, 0.5) is 5.69 Å². The molecule has 0 saturated carbocycles. The van der Waals surface area contributed by atoms with E-state index in [1.807, 2.05) is 19.2 Å². The molecule has 0 amide bonds. The van der Waals surface area contributed by atoms with Crippen LogP contribution in [0.15, 0.2) is 18.3 Å². The SMILES string of the molecule is CNCC1CN(c2cccnc2C#N)CCO1. The maximum Gasteiger partial charge on any atom is 0.163 e. The molecule has 0 aliphatic carbocycles. The van der Waals surface area contributed by atoms with Crippen LogP contribution >= 0.6 is 0 Å². The van der Waals surface area contributed by atoms with Crippen molar-refractivity contribution >= 4 is 5.69 Å². The number of hydrogen-bond donors (Lipinski definition) is 1. The zero-order chi connectivity index (χ0) is 12.1. The van der Waals surface area contributed by atoms with Crippen LogP contribution in [0.5, 0.6) is 0 Å². The van der Waals surface area contributed by atoms with Crippen LogP contribution in [0.25, 0.3) is 0 Å². The van der Waals surface area contributed by atoms with Gasteiger partial charge in [-0.15, -0.1) is 0 Å². The van der Waals surface area contributed by atoms with Crippen LogP contribution in [0.3, 0.4) is 0 Å². The highest BCUT2D eigenvalue weighted by Gasteiger charge is 2.21. The van der Waals surface area contributed by atoms with E-state index in [2.05, 4.69) is 21.3 Å². The summed E-state index contributed by atoms with van der Waals surface area (Å²) in [6.07, 6.45) is 1.81. The summed E-state index contributed by atoms with van der Waals surface area (Å²) in [5, 5.41) is 12.1. The molecule has 1 unspecified atom stereocenters. The Labute approximate surface area is 101 Å². The summed E-state index contributed by atoms with van der Waals surface area (Å²) in [4.78, 5) is 6.25. The average Bonchev–Trinajstić information content (AvgIpc) is 2.39. The fraction of sp³-hybridized carbons (Fsp3) is 0.500. The maximum atomic E-state index is 9.04. The number of pyridine rings is 1. The molecule has 0 spiro atoms. The fourth-order valence-electron chi connectivity index (χ4n) is 2.03. The quantitative estimate of drug-likeness (QED) is 0.816. The van der Waals surface area contributed by atoms with Crippen molar-refractivity contribution in [2.45, 2.75) is 6.10 Å². The Morgan fingerprint density at radius 3 is 3.35 bits per heavy atom. The second-order valence-electron chi connectivity index (χ2n) is 3.98. The van der Waals surface area contributed by atoms with Gasteiger partial charge in [0.2, 0.25) is 0 Å². The highest BCUT2D eigenvalue weighted by molar-refractivity contribution is 5.55. The molecule has 0 bridgehead atoms. The topological polar surface area (TPSA) is 61.2 Å². The average molecular weight is 232 g/mol. The molecule has 0 radical (unpaired) electrons. The van der Waals surface area contributed by atoms with Gasteiger partial charge >= 0.3 is 0 Å². The molecule has 1 fully saturated rings. The first-order valence-corrected chi connectivity index (χ1v) is 5.71. The van der Waals surface area contributed by atoms with Crippen LogP contribution in [0.2, 0.25) is 0 Å². The maximum absolute atomic E-state index is 9.04. The molecule has 2 heterocycles. The Kier molecular flexibility index (Phi) is 3.91. The highest BCUT2D eigenvalue weighted by Crippen LogP contribution is 2.20. The first kappa shape index (κ1) is 11.8. The molecule has 1 aromatic rings. The number of ether oxygens (including phenoxy) is 1. The van der Waals surface area contributed by atoms with Crippen molar-refractivity contribution < 1.29 is 4.74 Å². The lowest BCUT2D eigenvalue weighted by Gasteiger charge is -2.34. The Hall–Kier alpha value is -1.64. The molecule has 90 valence electrons. The third-order valence-corrected chi connectivity index (χ3v) is 2.80. The van der Waals surface area contributed by atoms with E-state index in [1.54, 1.807) is 6.20 Å². The van der Waals surface area contributed by atoms with Gasteiger partial charge in [-0.25, -0.2) is 4.98 Å². The van der Waals surface area contributed by atoms with E-state index in [1.165, 1.54) is 0 Å². The summed E-state index contributed by atoms with van der Waals surface area (Å²) in [6.45, 7) is 3.10. The Morgan fingerprint density at radius 2 is 2.59 bits per heavy atom. The lowest BCUT2D eigenvalue weighted by Crippen LogP contribution is -2.46. The van der Waals surface area contributed by atoms with E-state index < -0.39 is 0 Å². The summed E-state index contributed by atoms with van der Waals surface area (Å²) < 4.78 is 5.64. The second-order valence-corrected chi connectivity index (χ2v) is 3.98. The third-order valence-electron chi connectivity index (χ3n) is 2.80. The lowest BCUT2D eigenvalue weighted by atomic mass is 10.2. The van der Waals surface area contributed by atoms with Gasteiger partial charge in [-0.05, 0) is 19.2 Å². The van der Waals surface area contributed by atoms with Crippen molar-refractivity contribution in [3.8, 4) is 6.07 Å². The number of anilines is 1. The molecule has 1 aliphatic heterocycles. The predicted octanol–water partition coefficient (Wildman–Crippen LogP) is 0.378. The minimum Gasteiger partial charge on any atom is -0.373 e. The number of rotatable bonds is 3. The van der Waals surface area contributed by atoms with Crippen LogP contribution < -0.4 is 10.2 Å². The van der Waals surface area contributed by atoms with Gasteiger partial charge in [0.15, 0.2) is 5.69 Å². The van der Waals surface area contributed by atoms with E-state index in [0.29, 0.717) is 12.3 Å². The van der Waals surface area contributed by atoms with E-state index in [0.717, 1.165) is 25.3 Å². The number of nitrogens with one attached hydrogen (secondary N) is 1. The number of nitrogens with zero attached hydrogens (tertiary/aromatic N) is 3. The van der Waals surface area contributed by atoms with E-state index in [-0.39, 0.29) is 6.10 Å². The molecule has 5 nitrogen and oxygen atoms in total. The molecule has 2 rings (SSSR count). The largest absolute Gasteiger partial charge is 0.373 e. The smallest absolute Gasteiger partial charge is 0.163 e. The van der Waals surface area contributed by atoms with Crippen LogP contribution in [0.1, 0.15) is 5.69 Å². The minimum atomic E-state index is 0.167. The molecule has 1 N–H and O–H groups in total. The molecule has 1 aliphatic rings. The molecular formula is C12H16N4O. The Morgan fingerprint density at radius 1 is 1.71 bits per heavy atom.